The minimum Gasteiger partial charge on any atom is -0.506 e. The fourth-order valence-corrected chi connectivity index (χ4v) is 1.88. The Morgan fingerprint density at radius 2 is 1.81 bits per heavy atom. The predicted molar refractivity (Wildman–Crippen MR) is 61.5 cm³/mol. The van der Waals surface area contributed by atoms with Crippen LogP contribution in [0.5, 0.6) is 17.2 Å². The summed E-state index contributed by atoms with van der Waals surface area (Å²) in [4.78, 5) is 0. The maximum atomic E-state index is 10.00. The molecule has 90 valence electrons. The Labute approximate surface area is 99.4 Å². The number of methoxy groups -OCH3 is 2. The lowest BCUT2D eigenvalue weighted by molar-refractivity contribution is 0.0749. The molecule has 0 radical (unpaired) electrons. The first-order chi connectivity index (χ1) is 7.32. The van der Waals surface area contributed by atoms with Crippen LogP contribution in [0.25, 0.3) is 0 Å². The number of rotatable bonds is 3. The van der Waals surface area contributed by atoms with Crippen LogP contribution in [0.3, 0.4) is 0 Å². The molecule has 0 aliphatic rings. The van der Waals surface area contributed by atoms with Crippen LogP contribution < -0.4 is 9.47 Å². The first-order valence-corrected chi connectivity index (χ1v) is 5.07. The van der Waals surface area contributed by atoms with Gasteiger partial charge in [-0.15, -0.1) is 0 Å². The molecule has 0 heterocycles. The van der Waals surface area contributed by atoms with Gasteiger partial charge in [-0.2, -0.15) is 0 Å². The fraction of sp³-hybridized carbons (Fsp3) is 0.455. The van der Waals surface area contributed by atoms with E-state index in [1.807, 2.05) is 0 Å². The molecule has 0 aromatic heterocycles. The molecule has 1 aromatic rings. The Hall–Kier alpha value is -1.13. The highest BCUT2D eigenvalue weighted by Crippen LogP contribution is 2.46. The van der Waals surface area contributed by atoms with Gasteiger partial charge >= 0.3 is 0 Å². The second-order valence-electron chi connectivity index (χ2n) is 3.88. The number of ether oxygens (including phenoxy) is 2. The summed E-state index contributed by atoms with van der Waals surface area (Å²) in [7, 11) is 2.89. The largest absolute Gasteiger partial charge is 0.506 e. The van der Waals surface area contributed by atoms with Crippen molar-refractivity contribution in [1.29, 1.82) is 0 Å². The second-order valence-corrected chi connectivity index (χ2v) is 4.26. The van der Waals surface area contributed by atoms with Crippen LogP contribution in [0.4, 0.5) is 0 Å². The van der Waals surface area contributed by atoms with Crippen LogP contribution in [-0.2, 0) is 5.60 Å². The van der Waals surface area contributed by atoms with Gasteiger partial charge in [-0.05, 0) is 13.8 Å². The van der Waals surface area contributed by atoms with Crippen LogP contribution in [0.15, 0.2) is 6.07 Å². The lowest BCUT2D eigenvalue weighted by atomic mass is 9.96. The van der Waals surface area contributed by atoms with Crippen molar-refractivity contribution < 1.29 is 19.7 Å². The van der Waals surface area contributed by atoms with E-state index in [0.29, 0.717) is 17.1 Å². The van der Waals surface area contributed by atoms with Gasteiger partial charge in [0.25, 0.3) is 0 Å². The molecule has 1 aromatic carbocycles. The Bertz CT molecular complexity index is 396. The molecule has 0 fully saturated rings. The zero-order valence-electron chi connectivity index (χ0n) is 9.67. The third-order valence-corrected chi connectivity index (χ3v) is 2.58. The van der Waals surface area contributed by atoms with Crippen molar-refractivity contribution in [2.75, 3.05) is 14.2 Å². The summed E-state index contributed by atoms with van der Waals surface area (Å²) in [6, 6.07) is 1.34. The third kappa shape index (κ3) is 2.18. The predicted octanol–water partition coefficient (Wildman–Crippen LogP) is 2.29. The van der Waals surface area contributed by atoms with Crippen LogP contribution in [0.1, 0.15) is 19.4 Å². The van der Waals surface area contributed by atoms with Crippen molar-refractivity contribution in [3.63, 3.8) is 0 Å². The van der Waals surface area contributed by atoms with Gasteiger partial charge in [-0.25, -0.2) is 0 Å². The molecule has 0 amide bonds. The summed E-state index contributed by atoms with van der Waals surface area (Å²) in [6.45, 7) is 3.10. The normalized spacial score (nSPS) is 11.4. The first kappa shape index (κ1) is 12.9. The van der Waals surface area contributed by atoms with Gasteiger partial charge in [0.15, 0.2) is 11.5 Å². The molecule has 0 saturated heterocycles. The van der Waals surface area contributed by atoms with Gasteiger partial charge < -0.3 is 19.7 Å². The van der Waals surface area contributed by atoms with E-state index in [-0.39, 0.29) is 10.8 Å². The van der Waals surface area contributed by atoms with Crippen molar-refractivity contribution in [3.05, 3.63) is 16.7 Å². The molecule has 4 nitrogen and oxygen atoms in total. The van der Waals surface area contributed by atoms with E-state index in [2.05, 4.69) is 0 Å². The lowest BCUT2D eigenvalue weighted by Crippen LogP contribution is -2.18. The minimum atomic E-state index is -1.24. The molecule has 5 heteroatoms. The molecule has 0 spiro atoms. The SMILES string of the molecule is COc1cc(O)c(Cl)c(C(C)(C)O)c1OC. The van der Waals surface area contributed by atoms with Gasteiger partial charge in [0.2, 0.25) is 0 Å². The Morgan fingerprint density at radius 3 is 2.19 bits per heavy atom. The number of phenols is 1. The molecule has 16 heavy (non-hydrogen) atoms. The number of aromatic hydroxyl groups is 1. The summed E-state index contributed by atoms with van der Waals surface area (Å²) in [6.07, 6.45) is 0. The number of aliphatic hydroxyl groups is 1. The van der Waals surface area contributed by atoms with Gasteiger partial charge in [0.05, 0.1) is 30.4 Å². The zero-order valence-corrected chi connectivity index (χ0v) is 10.4. The molecular formula is C11H15ClO4. The second kappa shape index (κ2) is 4.39. The number of halogens is 1. The first-order valence-electron chi connectivity index (χ1n) is 4.69. The van der Waals surface area contributed by atoms with Crippen molar-refractivity contribution in [2.45, 2.75) is 19.4 Å². The van der Waals surface area contributed by atoms with Gasteiger partial charge in [-0.1, -0.05) is 11.6 Å². The molecule has 0 aliphatic heterocycles. The quantitative estimate of drug-likeness (QED) is 0.859. The number of hydrogen-bond acceptors (Lipinski definition) is 4. The number of phenolic OH excluding ortho intramolecular Hbond substituents is 1. The maximum absolute atomic E-state index is 10.00. The zero-order chi connectivity index (χ0) is 12.5. The highest BCUT2D eigenvalue weighted by atomic mass is 35.5. The van der Waals surface area contributed by atoms with Crippen molar-refractivity contribution in [1.82, 2.24) is 0 Å². The van der Waals surface area contributed by atoms with Crippen molar-refractivity contribution in [3.8, 4) is 17.2 Å². The average Bonchev–Trinajstić information content (AvgIpc) is 2.19. The van der Waals surface area contributed by atoms with Crippen LogP contribution in [0.2, 0.25) is 5.02 Å². The molecule has 0 aliphatic carbocycles. The van der Waals surface area contributed by atoms with Crippen molar-refractivity contribution in [2.24, 2.45) is 0 Å². The fourth-order valence-electron chi connectivity index (χ4n) is 1.50. The minimum absolute atomic E-state index is 0.0603. The van der Waals surface area contributed by atoms with E-state index in [0.717, 1.165) is 0 Å². The molecule has 2 N–H and O–H groups in total. The molecule has 1 rings (SSSR count). The molecule has 0 saturated carbocycles. The van der Waals surface area contributed by atoms with Crippen LogP contribution in [-0.4, -0.2) is 24.4 Å². The lowest BCUT2D eigenvalue weighted by Gasteiger charge is -2.24. The summed E-state index contributed by atoms with van der Waals surface area (Å²) in [5.74, 6) is 0.482. The summed E-state index contributed by atoms with van der Waals surface area (Å²) >= 11 is 5.95. The average molecular weight is 247 g/mol. The number of hydrogen-bond donors (Lipinski definition) is 2. The standard InChI is InChI=1S/C11H15ClO4/c1-11(2,14)8-9(12)6(13)5-7(15-3)10(8)16-4/h5,13-14H,1-4H3. The van der Waals surface area contributed by atoms with Crippen molar-refractivity contribution >= 4 is 11.6 Å². The van der Waals surface area contributed by atoms with Gasteiger partial charge in [-0.3, -0.25) is 0 Å². The Morgan fingerprint density at radius 1 is 1.25 bits per heavy atom. The third-order valence-electron chi connectivity index (χ3n) is 2.20. The summed E-state index contributed by atoms with van der Waals surface area (Å²) in [5.41, 5.74) is -0.942. The smallest absolute Gasteiger partial charge is 0.168 e. The van der Waals surface area contributed by atoms with Gasteiger partial charge in [0.1, 0.15) is 5.75 Å². The van der Waals surface area contributed by atoms with E-state index in [4.69, 9.17) is 21.1 Å². The maximum Gasteiger partial charge on any atom is 0.168 e. The molecule has 0 bridgehead atoms. The van der Waals surface area contributed by atoms with E-state index < -0.39 is 5.60 Å². The van der Waals surface area contributed by atoms with Crippen LogP contribution in [0, 0.1) is 0 Å². The highest BCUT2D eigenvalue weighted by Gasteiger charge is 2.29. The van der Waals surface area contributed by atoms with E-state index in [9.17, 15) is 10.2 Å². The van der Waals surface area contributed by atoms with E-state index in [1.54, 1.807) is 13.8 Å². The van der Waals surface area contributed by atoms with E-state index >= 15 is 0 Å². The monoisotopic (exact) mass is 246 g/mol. The van der Waals surface area contributed by atoms with Crippen LogP contribution >= 0.6 is 11.6 Å². The van der Waals surface area contributed by atoms with Gasteiger partial charge in [0, 0.05) is 6.07 Å². The topological polar surface area (TPSA) is 58.9 Å². The molecule has 0 atom stereocenters. The Balaban J connectivity index is 3.60. The highest BCUT2D eigenvalue weighted by molar-refractivity contribution is 6.33. The summed E-state index contributed by atoms with van der Waals surface area (Å²) in [5, 5.41) is 19.7. The molecule has 0 unspecified atom stereocenters. The number of benzene rings is 1. The van der Waals surface area contributed by atoms with E-state index in [1.165, 1.54) is 20.3 Å². The summed E-state index contributed by atoms with van der Waals surface area (Å²) < 4.78 is 10.2. The molecular weight excluding hydrogens is 232 g/mol. The Kier molecular flexibility index (Phi) is 3.55.